The summed E-state index contributed by atoms with van der Waals surface area (Å²) in [5.41, 5.74) is 3.80. The minimum atomic E-state index is 0.661. The fourth-order valence-electron chi connectivity index (χ4n) is 3.53. The van der Waals surface area contributed by atoms with Crippen LogP contribution in [0, 0.1) is 0 Å². The first-order valence-electron chi connectivity index (χ1n) is 8.08. The highest BCUT2D eigenvalue weighted by Gasteiger charge is 2.21. The van der Waals surface area contributed by atoms with Gasteiger partial charge in [0.25, 0.3) is 0 Å². The zero-order valence-electron chi connectivity index (χ0n) is 12.7. The zero-order valence-corrected chi connectivity index (χ0v) is 12.7. The molecule has 0 amide bonds. The molecule has 112 valence electrons. The lowest BCUT2D eigenvalue weighted by Crippen LogP contribution is -2.34. The monoisotopic (exact) mass is 291 g/mol. The molecule has 3 heterocycles. The van der Waals surface area contributed by atoms with Crippen molar-refractivity contribution in [2.24, 2.45) is 0 Å². The number of rotatable bonds is 3. The number of imidazole rings is 1. The number of aromatic nitrogens is 2. The Kier molecular flexibility index (Phi) is 3.65. The summed E-state index contributed by atoms with van der Waals surface area (Å²) in [5, 5.41) is 0. The van der Waals surface area contributed by atoms with Gasteiger partial charge in [0.2, 0.25) is 0 Å². The molecule has 3 nitrogen and oxygen atoms in total. The quantitative estimate of drug-likeness (QED) is 0.733. The zero-order chi connectivity index (χ0) is 14.8. The van der Waals surface area contributed by atoms with Crippen LogP contribution in [0.25, 0.3) is 5.65 Å². The van der Waals surface area contributed by atoms with Gasteiger partial charge in [0, 0.05) is 19.3 Å². The fraction of sp³-hybridized carbons (Fsp3) is 0.316. The Labute approximate surface area is 131 Å². The van der Waals surface area contributed by atoms with Crippen LogP contribution in [0.1, 0.15) is 30.0 Å². The van der Waals surface area contributed by atoms with Gasteiger partial charge in [-0.25, -0.2) is 4.98 Å². The summed E-state index contributed by atoms with van der Waals surface area (Å²) in [6, 6.07) is 17.1. The van der Waals surface area contributed by atoms with Crippen LogP contribution in [0.15, 0.2) is 60.9 Å². The first-order valence-corrected chi connectivity index (χ1v) is 8.08. The number of likely N-dealkylation sites (tertiary alicyclic amines) is 1. The molecule has 1 unspecified atom stereocenters. The average molecular weight is 291 g/mol. The highest BCUT2D eigenvalue weighted by Crippen LogP contribution is 2.27. The van der Waals surface area contributed by atoms with E-state index in [9.17, 15) is 0 Å². The molecule has 0 bridgehead atoms. The Balaban J connectivity index is 1.51. The van der Waals surface area contributed by atoms with Gasteiger partial charge < -0.3 is 4.40 Å². The van der Waals surface area contributed by atoms with Gasteiger partial charge in [0.05, 0.1) is 11.9 Å². The molecule has 1 saturated heterocycles. The standard InChI is InChI=1S/C19H21N3/c1-2-7-16(8-3-1)17-9-6-11-21(14-17)15-18-13-20-19-10-4-5-12-22(18)19/h1-5,7-8,10,12-13,17H,6,9,11,14-15H2. The van der Waals surface area contributed by atoms with Crippen molar-refractivity contribution in [2.45, 2.75) is 25.3 Å². The first-order chi connectivity index (χ1) is 10.9. The third kappa shape index (κ3) is 2.64. The van der Waals surface area contributed by atoms with E-state index in [1.165, 1.54) is 30.6 Å². The maximum atomic E-state index is 4.50. The summed E-state index contributed by atoms with van der Waals surface area (Å²) in [7, 11) is 0. The van der Waals surface area contributed by atoms with E-state index in [0.29, 0.717) is 5.92 Å². The van der Waals surface area contributed by atoms with Crippen molar-refractivity contribution in [3.05, 3.63) is 72.2 Å². The second-order valence-corrected chi connectivity index (χ2v) is 6.16. The molecule has 4 rings (SSSR count). The molecule has 3 aromatic rings. The molecule has 1 aliphatic heterocycles. The van der Waals surface area contributed by atoms with Crippen LogP contribution in [-0.4, -0.2) is 27.4 Å². The molecule has 0 aliphatic carbocycles. The van der Waals surface area contributed by atoms with E-state index >= 15 is 0 Å². The topological polar surface area (TPSA) is 20.5 Å². The summed E-state index contributed by atoms with van der Waals surface area (Å²) in [6.45, 7) is 3.31. The number of benzene rings is 1. The first kappa shape index (κ1) is 13.5. The van der Waals surface area contributed by atoms with Crippen LogP contribution in [0.5, 0.6) is 0 Å². The Hall–Kier alpha value is -2.13. The lowest BCUT2D eigenvalue weighted by Gasteiger charge is -2.32. The Morgan fingerprint density at radius 1 is 1.05 bits per heavy atom. The van der Waals surface area contributed by atoms with Crippen LogP contribution >= 0.6 is 0 Å². The van der Waals surface area contributed by atoms with E-state index in [0.717, 1.165) is 18.7 Å². The van der Waals surface area contributed by atoms with Gasteiger partial charge in [-0.2, -0.15) is 0 Å². The van der Waals surface area contributed by atoms with Crippen molar-refractivity contribution < 1.29 is 0 Å². The Morgan fingerprint density at radius 2 is 1.91 bits per heavy atom. The molecule has 22 heavy (non-hydrogen) atoms. The van der Waals surface area contributed by atoms with E-state index in [-0.39, 0.29) is 0 Å². The molecule has 0 radical (unpaired) electrons. The van der Waals surface area contributed by atoms with Crippen LogP contribution in [0.2, 0.25) is 0 Å². The van der Waals surface area contributed by atoms with Crippen LogP contribution < -0.4 is 0 Å². The van der Waals surface area contributed by atoms with Gasteiger partial charge in [-0.3, -0.25) is 4.90 Å². The van der Waals surface area contributed by atoms with E-state index in [4.69, 9.17) is 0 Å². The molecule has 0 saturated carbocycles. The highest BCUT2D eigenvalue weighted by molar-refractivity contribution is 5.39. The van der Waals surface area contributed by atoms with Gasteiger partial charge in [-0.1, -0.05) is 36.4 Å². The molecular formula is C19H21N3. The van der Waals surface area contributed by atoms with Crippen LogP contribution in [0.4, 0.5) is 0 Å². The lowest BCUT2D eigenvalue weighted by molar-refractivity contribution is 0.197. The second kappa shape index (κ2) is 5.93. The molecule has 1 atom stereocenters. The third-order valence-electron chi connectivity index (χ3n) is 4.66. The molecule has 0 N–H and O–H groups in total. The van der Waals surface area contributed by atoms with E-state index in [2.05, 4.69) is 62.9 Å². The summed E-state index contributed by atoms with van der Waals surface area (Å²) in [5.74, 6) is 0.661. The van der Waals surface area contributed by atoms with Crippen molar-refractivity contribution >= 4 is 5.65 Å². The van der Waals surface area contributed by atoms with Crippen molar-refractivity contribution in [1.82, 2.24) is 14.3 Å². The minimum absolute atomic E-state index is 0.661. The lowest BCUT2D eigenvalue weighted by atomic mass is 9.90. The highest BCUT2D eigenvalue weighted by atomic mass is 15.2. The van der Waals surface area contributed by atoms with Crippen LogP contribution in [0.3, 0.4) is 0 Å². The van der Waals surface area contributed by atoms with Crippen molar-refractivity contribution in [3.8, 4) is 0 Å². The Bertz CT molecular complexity index is 747. The SMILES string of the molecule is c1ccc(C2CCCN(Cc3cnc4ccccn34)C2)cc1. The summed E-state index contributed by atoms with van der Waals surface area (Å²) < 4.78 is 2.20. The van der Waals surface area contributed by atoms with E-state index in [1.807, 2.05) is 12.3 Å². The number of hydrogen-bond donors (Lipinski definition) is 0. The number of piperidine rings is 1. The molecule has 1 fully saturated rings. The molecule has 0 spiro atoms. The van der Waals surface area contributed by atoms with E-state index in [1.54, 1.807) is 0 Å². The number of fused-ring (bicyclic) bond motifs is 1. The second-order valence-electron chi connectivity index (χ2n) is 6.16. The van der Waals surface area contributed by atoms with Crippen molar-refractivity contribution in [1.29, 1.82) is 0 Å². The fourth-order valence-corrected chi connectivity index (χ4v) is 3.53. The largest absolute Gasteiger partial charge is 0.303 e. The predicted molar refractivity (Wildman–Crippen MR) is 88.9 cm³/mol. The van der Waals surface area contributed by atoms with Crippen molar-refractivity contribution in [3.63, 3.8) is 0 Å². The molecule has 1 aromatic carbocycles. The predicted octanol–water partition coefficient (Wildman–Crippen LogP) is 3.71. The van der Waals surface area contributed by atoms with Crippen LogP contribution in [-0.2, 0) is 6.54 Å². The number of pyridine rings is 1. The van der Waals surface area contributed by atoms with Gasteiger partial charge in [-0.15, -0.1) is 0 Å². The normalized spacial score (nSPS) is 19.5. The minimum Gasteiger partial charge on any atom is -0.303 e. The summed E-state index contributed by atoms with van der Waals surface area (Å²) in [6.07, 6.45) is 6.70. The number of hydrogen-bond acceptors (Lipinski definition) is 2. The van der Waals surface area contributed by atoms with E-state index < -0.39 is 0 Å². The van der Waals surface area contributed by atoms with Crippen molar-refractivity contribution in [2.75, 3.05) is 13.1 Å². The summed E-state index contributed by atoms with van der Waals surface area (Å²) >= 11 is 0. The maximum Gasteiger partial charge on any atom is 0.136 e. The van der Waals surface area contributed by atoms with Gasteiger partial charge in [0.15, 0.2) is 0 Å². The number of nitrogens with zero attached hydrogens (tertiary/aromatic N) is 3. The smallest absolute Gasteiger partial charge is 0.136 e. The van der Waals surface area contributed by atoms with Gasteiger partial charge >= 0.3 is 0 Å². The molecule has 1 aliphatic rings. The van der Waals surface area contributed by atoms with Gasteiger partial charge in [0.1, 0.15) is 5.65 Å². The molecule has 3 heteroatoms. The molecular weight excluding hydrogens is 270 g/mol. The third-order valence-corrected chi connectivity index (χ3v) is 4.66. The Morgan fingerprint density at radius 3 is 2.82 bits per heavy atom. The van der Waals surface area contributed by atoms with Gasteiger partial charge in [-0.05, 0) is 43.0 Å². The average Bonchev–Trinajstić information content (AvgIpc) is 2.99. The molecule has 2 aromatic heterocycles. The maximum absolute atomic E-state index is 4.50. The summed E-state index contributed by atoms with van der Waals surface area (Å²) in [4.78, 5) is 7.06.